The van der Waals surface area contributed by atoms with Crippen LogP contribution in [-0.4, -0.2) is 142 Å². The first-order valence-corrected chi connectivity index (χ1v) is 56.8. The molecule has 0 amide bonds. The molecule has 31 nitrogen and oxygen atoms in total. The van der Waals surface area contributed by atoms with Gasteiger partial charge in [-0.15, -0.1) is 10.2 Å². The van der Waals surface area contributed by atoms with Crippen molar-refractivity contribution in [2.75, 3.05) is 70.0 Å². The van der Waals surface area contributed by atoms with E-state index in [0.717, 1.165) is 5.56 Å². The van der Waals surface area contributed by atoms with E-state index >= 15 is 22.0 Å². The lowest BCUT2D eigenvalue weighted by molar-refractivity contribution is 0.282. The summed E-state index contributed by atoms with van der Waals surface area (Å²) in [5.74, 6) is -5.68. The van der Waals surface area contributed by atoms with Crippen LogP contribution in [0, 0.1) is 91.7 Å². The molecule has 0 saturated heterocycles. The number of halogens is 14. The van der Waals surface area contributed by atoms with Crippen molar-refractivity contribution >= 4 is 275 Å². The summed E-state index contributed by atoms with van der Waals surface area (Å²) in [5.41, 5.74) is 3.94. The molecule has 5 aliphatic rings. The molecular formula is C99H92BrCl4F8IN18O13S5. The number of sulfonamides is 5. The summed E-state index contributed by atoms with van der Waals surface area (Å²) in [7, 11) is -19.0. The van der Waals surface area contributed by atoms with Crippen molar-refractivity contribution in [1.82, 2.24) is 40.3 Å². The molecule has 784 valence electrons. The summed E-state index contributed by atoms with van der Waals surface area (Å²) >= 11 is 29.4. The van der Waals surface area contributed by atoms with E-state index in [2.05, 4.69) is 106 Å². The number of aliphatic hydroxyl groups excluding tert-OH is 3. The number of rotatable bonds is 31. The largest absolute Gasteiger partial charge is 0.396 e. The van der Waals surface area contributed by atoms with Gasteiger partial charge in [0.2, 0.25) is 50.1 Å². The van der Waals surface area contributed by atoms with Crippen molar-refractivity contribution in [2.45, 2.75) is 150 Å². The van der Waals surface area contributed by atoms with E-state index in [1.54, 1.807) is 102 Å². The molecule has 0 bridgehead atoms. The standard InChI is InChI=1S/C22H23F2N3O3S.C20H19Cl2FN4O3S.C20H19F2IN4O3S.C19H16BrF2N3O2S.C18H15Cl2FN4O2S/c1-13-3-4-17(16(23)11-13)26-21-18(27-31(29,30)22(6-7-22)8-10-28)12-15-14(2)5-9-25-20(15)19(21)24;1-11-10-24-26-18-13(11)9-16(27-31(29,30)20(4-5-20)6-7-28)19(17(18)23)25-15-3-2-12(21)8-14(15)22;1-11-13-9-16(27-31(29,30)20(4-5-20)6-7-28)19(17(22)18(13)25-10-24-11)26-15-3-2-12(23)8-14(15)21;1-10-6-7-23-18-13(10)9-16(25-28(26,27)12-3-4-12)19(17(18)22)24-15-5-2-11(20)8-14(15)21;1-9-8-22-24-17-12(9)7-15(25-28(26,27)11-3-4-11)18(16(17)21)23-14-5-2-10(19)6-13(14)20/h3-5,9,11-12,26-28H,6-8,10H2,1-2H3;2-3,8-10,25,27-28H,4-7H2,1H3;2-3,8-10,26-28H,4-7H2,1H3;2,5-9,12,24-25H,3-4H2,1H3;2,5-8,11,23,25H,3-4H2,1H3. The van der Waals surface area contributed by atoms with Gasteiger partial charge in [0.1, 0.15) is 79.8 Å². The Morgan fingerprint density at radius 2 is 0.685 bits per heavy atom. The van der Waals surface area contributed by atoms with Gasteiger partial charge in [0.05, 0.1) is 104 Å². The number of hydrogen-bond donors (Lipinski definition) is 13. The SMILES string of the molecule is Cc1ccc(Nc2c(NS(=O)(=O)C3(CCO)CC3)cc3c(C)ccnc3c2F)c(F)c1.Cc1ccnc2c(F)c(Nc3ccc(Br)cc3F)c(NS(=O)(=O)C3CC3)cc12.Cc1cnnc2c(F)c(Nc3ccc(Cl)cc3Cl)c(NS(=O)(=O)C3(CCO)CC3)cc12.Cc1cnnc2c(F)c(Nc3ccc(Cl)cc3Cl)c(NS(=O)(=O)C3CC3)cc12.Cc1ncnc2c(F)c(Nc3ccc(I)cc3F)c(NS(=O)(=O)C3(CCO)CC3)cc12. The number of hydrogen-bond acceptors (Lipinski definition) is 26. The Labute approximate surface area is 892 Å². The van der Waals surface area contributed by atoms with E-state index in [9.17, 15) is 70.6 Å². The molecule has 50 heteroatoms. The van der Waals surface area contributed by atoms with Crippen molar-refractivity contribution in [3.05, 3.63) is 273 Å². The molecule has 5 saturated carbocycles. The van der Waals surface area contributed by atoms with Crippen LogP contribution in [0.3, 0.4) is 0 Å². The molecule has 15 aromatic rings. The van der Waals surface area contributed by atoms with E-state index in [0.29, 0.717) is 149 Å². The zero-order chi connectivity index (χ0) is 107. The second-order valence-electron chi connectivity index (χ2n) is 36.4. The van der Waals surface area contributed by atoms with E-state index < -0.39 is 121 Å². The third-order valence-corrected chi connectivity index (χ3v) is 38.4. The molecule has 5 heterocycles. The summed E-state index contributed by atoms with van der Waals surface area (Å²) in [5, 5.41) is 59.5. The second-order valence-corrected chi connectivity index (χ2v) is 50.4. The Bertz CT molecular complexity index is 7850. The zero-order valence-corrected chi connectivity index (χ0v) is 90.2. The Balaban J connectivity index is 0.000000133. The van der Waals surface area contributed by atoms with Crippen LogP contribution >= 0.6 is 84.9 Å². The number of aromatic nitrogens is 8. The quantitative estimate of drug-likeness (QED) is 0.0142. The number of aryl methyl sites for hydroxylation is 6. The predicted molar refractivity (Wildman–Crippen MR) is 579 cm³/mol. The lowest BCUT2D eigenvalue weighted by atomic mass is 10.1. The summed E-state index contributed by atoms with van der Waals surface area (Å²) in [4.78, 5) is 16.2. The lowest BCUT2D eigenvalue weighted by Crippen LogP contribution is -2.31. The molecule has 20 rings (SSSR count). The van der Waals surface area contributed by atoms with Crippen LogP contribution in [0.5, 0.6) is 0 Å². The fourth-order valence-corrected chi connectivity index (χ4v) is 25.8. The zero-order valence-electron chi connectivity index (χ0n) is 79.4. The highest BCUT2D eigenvalue weighted by molar-refractivity contribution is 14.1. The van der Waals surface area contributed by atoms with Crippen LogP contribution in [0.4, 0.5) is 120 Å². The Hall–Kier alpha value is -11.5. The minimum Gasteiger partial charge on any atom is -0.396 e. The number of pyridine rings is 2. The fourth-order valence-electron chi connectivity index (χ4n) is 16.4. The molecule has 10 aromatic carbocycles. The van der Waals surface area contributed by atoms with Gasteiger partial charge in [0.25, 0.3) is 0 Å². The average Bonchev–Trinajstić information content (AvgIpc) is 1.59. The summed E-state index contributed by atoms with van der Waals surface area (Å²) < 4.78 is 259. The van der Waals surface area contributed by atoms with Crippen molar-refractivity contribution < 1.29 is 92.5 Å². The van der Waals surface area contributed by atoms with Crippen LogP contribution in [-0.2, 0) is 50.1 Å². The third-order valence-electron chi connectivity index (χ3n) is 25.8. The van der Waals surface area contributed by atoms with Gasteiger partial charge in [-0.25, -0.2) is 87.2 Å². The molecule has 0 aliphatic heterocycles. The average molecular weight is 2400 g/mol. The van der Waals surface area contributed by atoms with Gasteiger partial charge in [-0.2, -0.15) is 10.2 Å². The van der Waals surface area contributed by atoms with Gasteiger partial charge in [-0.3, -0.25) is 33.6 Å². The van der Waals surface area contributed by atoms with Gasteiger partial charge < -0.3 is 41.9 Å². The van der Waals surface area contributed by atoms with E-state index in [4.69, 9.17) is 46.4 Å². The van der Waals surface area contributed by atoms with Gasteiger partial charge in [0, 0.05) is 82.9 Å². The van der Waals surface area contributed by atoms with Crippen molar-refractivity contribution in [3.63, 3.8) is 0 Å². The minimum absolute atomic E-state index is 0.00738. The molecule has 0 unspecified atom stereocenters. The number of nitrogens with one attached hydrogen (secondary N) is 10. The number of fused-ring (bicyclic) bond motifs is 5. The molecule has 5 fully saturated rings. The molecule has 5 aliphatic carbocycles. The maximum atomic E-state index is 15.5. The van der Waals surface area contributed by atoms with Crippen molar-refractivity contribution in [1.29, 1.82) is 0 Å². The summed E-state index contributed by atoms with van der Waals surface area (Å²) in [6.07, 6.45) is 12.1. The van der Waals surface area contributed by atoms with Crippen LogP contribution in [0.25, 0.3) is 54.5 Å². The Morgan fingerprint density at radius 1 is 0.362 bits per heavy atom. The smallest absolute Gasteiger partial charge is 0.238 e. The molecule has 149 heavy (non-hydrogen) atoms. The van der Waals surface area contributed by atoms with Crippen molar-refractivity contribution in [3.8, 4) is 0 Å². The highest BCUT2D eigenvalue weighted by Gasteiger charge is 2.57. The maximum Gasteiger partial charge on any atom is 0.238 e. The molecule has 5 aromatic heterocycles. The summed E-state index contributed by atoms with van der Waals surface area (Å²) in [6, 6.07) is 33.3. The maximum absolute atomic E-state index is 15.5. The van der Waals surface area contributed by atoms with Crippen LogP contribution in [0.15, 0.2) is 169 Å². The van der Waals surface area contributed by atoms with Crippen LogP contribution < -0.4 is 50.2 Å². The number of anilines is 15. The second kappa shape index (κ2) is 44.0. The van der Waals surface area contributed by atoms with Gasteiger partial charge in [0.15, 0.2) is 29.1 Å². The third kappa shape index (κ3) is 24.0. The van der Waals surface area contributed by atoms with E-state index in [1.807, 2.05) is 22.6 Å². The Morgan fingerprint density at radius 3 is 1.03 bits per heavy atom. The van der Waals surface area contributed by atoms with E-state index in [1.165, 1.54) is 104 Å². The molecule has 0 radical (unpaired) electrons. The fraction of sp³-hybridized carbons (Fsp3) is 0.273. The van der Waals surface area contributed by atoms with Gasteiger partial charge >= 0.3 is 0 Å². The first-order chi connectivity index (χ1) is 70.5. The monoisotopic (exact) mass is 2400 g/mol. The lowest BCUT2D eigenvalue weighted by Gasteiger charge is -2.21. The molecule has 13 N–H and O–H groups in total. The van der Waals surface area contributed by atoms with Crippen molar-refractivity contribution in [2.24, 2.45) is 0 Å². The van der Waals surface area contributed by atoms with Gasteiger partial charge in [-0.05, 0) is 303 Å². The Kier molecular flexibility index (Phi) is 32.6. The van der Waals surface area contributed by atoms with Crippen LogP contribution in [0.1, 0.15) is 117 Å². The topological polar surface area (TPSA) is 455 Å². The van der Waals surface area contributed by atoms with E-state index in [-0.39, 0.29) is 151 Å². The molecular weight excluding hydrogens is 2310 g/mol. The molecule has 0 atom stereocenters. The first-order valence-electron chi connectivity index (χ1n) is 45.9. The molecule has 0 spiro atoms. The number of aliphatic hydroxyl groups is 3. The van der Waals surface area contributed by atoms with Crippen LogP contribution in [0.2, 0.25) is 20.1 Å². The number of nitrogens with zero attached hydrogens (tertiary/aromatic N) is 8. The van der Waals surface area contributed by atoms with Gasteiger partial charge in [-0.1, -0.05) is 68.4 Å². The minimum atomic E-state index is -3.95. The highest BCUT2D eigenvalue weighted by atomic mass is 127. The first kappa shape index (κ1) is 110. The summed E-state index contributed by atoms with van der Waals surface area (Å²) in [6.45, 7) is 9.60. The normalized spacial score (nSPS) is 14.8. The predicted octanol–water partition coefficient (Wildman–Crippen LogP) is 23.8. The highest BCUT2D eigenvalue weighted by Crippen LogP contribution is 2.53. The number of benzene rings is 10.